The molecule has 17 heavy (non-hydrogen) atoms. The standard InChI is InChI=1S/C11H15Br2NO2.ClH/c1-2-16-11-8(7-14-3-4-15)5-9(12)6-10(11)13;/h5-6,14-15H,2-4,7H2,1H3;1H. The van der Waals surface area contributed by atoms with Crippen molar-refractivity contribution < 1.29 is 9.84 Å². The summed E-state index contributed by atoms with van der Waals surface area (Å²) in [7, 11) is 0. The summed E-state index contributed by atoms with van der Waals surface area (Å²) >= 11 is 6.92. The van der Waals surface area contributed by atoms with Gasteiger partial charge in [0.25, 0.3) is 0 Å². The quantitative estimate of drug-likeness (QED) is 0.735. The molecule has 98 valence electrons. The molecule has 1 aromatic rings. The maximum atomic E-state index is 8.71. The number of hydrogen-bond donors (Lipinski definition) is 2. The zero-order valence-electron chi connectivity index (χ0n) is 9.50. The molecule has 0 fully saturated rings. The molecule has 6 heteroatoms. The lowest BCUT2D eigenvalue weighted by Crippen LogP contribution is -2.18. The Kier molecular flexibility index (Phi) is 9.27. The lowest BCUT2D eigenvalue weighted by atomic mass is 10.2. The number of ether oxygens (including phenoxy) is 1. The number of aliphatic hydroxyl groups is 1. The minimum atomic E-state index is 0. The first-order chi connectivity index (χ1) is 7.69. The highest BCUT2D eigenvalue weighted by molar-refractivity contribution is 9.11. The van der Waals surface area contributed by atoms with E-state index in [1.807, 2.05) is 19.1 Å². The summed E-state index contributed by atoms with van der Waals surface area (Å²) < 4.78 is 7.52. The van der Waals surface area contributed by atoms with Crippen molar-refractivity contribution in [3.63, 3.8) is 0 Å². The second-order valence-corrected chi connectivity index (χ2v) is 4.98. The predicted octanol–water partition coefficient (Wildman–Crippen LogP) is 3.11. The van der Waals surface area contributed by atoms with Crippen LogP contribution in [0.1, 0.15) is 12.5 Å². The highest BCUT2D eigenvalue weighted by Gasteiger charge is 2.09. The van der Waals surface area contributed by atoms with E-state index in [-0.39, 0.29) is 19.0 Å². The SMILES string of the molecule is CCOc1c(Br)cc(Br)cc1CNCCO.Cl. The Balaban J connectivity index is 0.00000256. The second kappa shape index (κ2) is 9.16. The van der Waals surface area contributed by atoms with Crippen LogP contribution in [0, 0.1) is 0 Å². The molecule has 0 aliphatic heterocycles. The van der Waals surface area contributed by atoms with Crippen LogP contribution in [0.5, 0.6) is 5.75 Å². The van der Waals surface area contributed by atoms with Crippen LogP contribution in [0.15, 0.2) is 21.1 Å². The van der Waals surface area contributed by atoms with E-state index in [1.54, 1.807) is 0 Å². The van der Waals surface area contributed by atoms with Gasteiger partial charge in [0.1, 0.15) is 5.75 Å². The Morgan fingerprint density at radius 1 is 1.35 bits per heavy atom. The minimum absolute atomic E-state index is 0. The Morgan fingerprint density at radius 3 is 2.65 bits per heavy atom. The molecule has 3 nitrogen and oxygen atoms in total. The van der Waals surface area contributed by atoms with Gasteiger partial charge in [0.05, 0.1) is 17.7 Å². The fourth-order valence-corrected chi connectivity index (χ4v) is 2.78. The third-order valence-corrected chi connectivity index (χ3v) is 3.02. The minimum Gasteiger partial charge on any atom is -0.492 e. The smallest absolute Gasteiger partial charge is 0.138 e. The second-order valence-electron chi connectivity index (χ2n) is 3.21. The third kappa shape index (κ3) is 5.57. The number of benzene rings is 1. The van der Waals surface area contributed by atoms with Gasteiger partial charge in [0, 0.05) is 23.1 Å². The normalized spacial score (nSPS) is 9.88. The Labute approximate surface area is 125 Å². The van der Waals surface area contributed by atoms with Crippen molar-refractivity contribution in [1.29, 1.82) is 0 Å². The molecule has 0 aromatic heterocycles. The molecule has 0 aliphatic rings. The highest BCUT2D eigenvalue weighted by Crippen LogP contribution is 2.32. The van der Waals surface area contributed by atoms with E-state index in [9.17, 15) is 0 Å². The number of aliphatic hydroxyl groups excluding tert-OH is 1. The van der Waals surface area contributed by atoms with E-state index >= 15 is 0 Å². The lowest BCUT2D eigenvalue weighted by molar-refractivity contribution is 0.290. The van der Waals surface area contributed by atoms with Crippen molar-refractivity contribution in [2.24, 2.45) is 0 Å². The molecule has 0 heterocycles. The summed E-state index contributed by atoms with van der Waals surface area (Å²) in [6.45, 7) is 3.98. The van der Waals surface area contributed by atoms with Gasteiger partial charge in [-0.15, -0.1) is 12.4 Å². The Morgan fingerprint density at radius 2 is 2.06 bits per heavy atom. The number of hydrogen-bond acceptors (Lipinski definition) is 3. The van der Waals surface area contributed by atoms with Crippen LogP contribution in [-0.4, -0.2) is 24.9 Å². The average Bonchev–Trinajstić information content (AvgIpc) is 2.23. The van der Waals surface area contributed by atoms with E-state index in [2.05, 4.69) is 37.2 Å². The summed E-state index contributed by atoms with van der Waals surface area (Å²) in [5.74, 6) is 0.858. The molecule has 0 radical (unpaired) electrons. The molecule has 0 saturated heterocycles. The van der Waals surface area contributed by atoms with Crippen LogP contribution in [0.4, 0.5) is 0 Å². The molecule has 0 aliphatic carbocycles. The zero-order valence-corrected chi connectivity index (χ0v) is 13.5. The molecule has 0 amide bonds. The summed E-state index contributed by atoms with van der Waals surface area (Å²) in [6, 6.07) is 3.97. The van der Waals surface area contributed by atoms with E-state index in [0.29, 0.717) is 19.7 Å². The first-order valence-electron chi connectivity index (χ1n) is 5.11. The molecule has 2 N–H and O–H groups in total. The van der Waals surface area contributed by atoms with Crippen molar-refractivity contribution in [3.05, 3.63) is 26.6 Å². The summed E-state index contributed by atoms with van der Waals surface area (Å²) in [5, 5.41) is 11.8. The molecule has 0 saturated carbocycles. The van der Waals surface area contributed by atoms with Crippen molar-refractivity contribution in [2.45, 2.75) is 13.5 Å². The van der Waals surface area contributed by atoms with Gasteiger partial charge in [-0.25, -0.2) is 0 Å². The maximum absolute atomic E-state index is 8.71. The van der Waals surface area contributed by atoms with Gasteiger partial charge in [-0.2, -0.15) is 0 Å². The Hall–Kier alpha value is 0.190. The van der Waals surface area contributed by atoms with Crippen molar-refractivity contribution in [1.82, 2.24) is 5.32 Å². The zero-order chi connectivity index (χ0) is 12.0. The first kappa shape index (κ1) is 17.2. The first-order valence-corrected chi connectivity index (χ1v) is 6.70. The van der Waals surface area contributed by atoms with Crippen molar-refractivity contribution in [3.8, 4) is 5.75 Å². The monoisotopic (exact) mass is 387 g/mol. The van der Waals surface area contributed by atoms with Gasteiger partial charge < -0.3 is 15.2 Å². The van der Waals surface area contributed by atoms with Gasteiger partial charge in [-0.3, -0.25) is 0 Å². The van der Waals surface area contributed by atoms with E-state index in [0.717, 1.165) is 20.3 Å². The van der Waals surface area contributed by atoms with Crippen LogP contribution >= 0.6 is 44.3 Å². The van der Waals surface area contributed by atoms with Crippen LogP contribution in [0.3, 0.4) is 0 Å². The summed E-state index contributed by atoms with van der Waals surface area (Å²) in [4.78, 5) is 0. The number of rotatable bonds is 6. The molecular formula is C11H16Br2ClNO2. The topological polar surface area (TPSA) is 41.5 Å². The van der Waals surface area contributed by atoms with Gasteiger partial charge >= 0.3 is 0 Å². The third-order valence-electron chi connectivity index (χ3n) is 1.98. The van der Waals surface area contributed by atoms with Crippen molar-refractivity contribution >= 4 is 44.3 Å². The average molecular weight is 390 g/mol. The molecule has 0 bridgehead atoms. The molecule has 0 unspecified atom stereocenters. The lowest BCUT2D eigenvalue weighted by Gasteiger charge is -2.13. The van der Waals surface area contributed by atoms with Crippen LogP contribution in [0.25, 0.3) is 0 Å². The molecule has 1 aromatic carbocycles. The van der Waals surface area contributed by atoms with Crippen LogP contribution in [0.2, 0.25) is 0 Å². The van der Waals surface area contributed by atoms with Gasteiger partial charge in [-0.05, 0) is 35.0 Å². The summed E-state index contributed by atoms with van der Waals surface area (Å²) in [6.07, 6.45) is 0. The molecule has 1 rings (SSSR count). The van der Waals surface area contributed by atoms with E-state index in [4.69, 9.17) is 9.84 Å². The largest absolute Gasteiger partial charge is 0.492 e. The predicted molar refractivity (Wildman–Crippen MR) is 79.1 cm³/mol. The maximum Gasteiger partial charge on any atom is 0.138 e. The van der Waals surface area contributed by atoms with Crippen LogP contribution in [-0.2, 0) is 6.54 Å². The van der Waals surface area contributed by atoms with E-state index < -0.39 is 0 Å². The molecule has 0 spiro atoms. The van der Waals surface area contributed by atoms with E-state index in [1.165, 1.54) is 0 Å². The van der Waals surface area contributed by atoms with Crippen LogP contribution < -0.4 is 10.1 Å². The fourth-order valence-electron chi connectivity index (χ4n) is 1.35. The van der Waals surface area contributed by atoms with Gasteiger partial charge in [0.2, 0.25) is 0 Å². The number of nitrogens with one attached hydrogen (secondary N) is 1. The van der Waals surface area contributed by atoms with Gasteiger partial charge in [0.15, 0.2) is 0 Å². The fraction of sp³-hybridized carbons (Fsp3) is 0.455. The van der Waals surface area contributed by atoms with Gasteiger partial charge in [-0.1, -0.05) is 15.9 Å². The summed E-state index contributed by atoms with van der Waals surface area (Å²) in [5.41, 5.74) is 1.07. The molecular weight excluding hydrogens is 373 g/mol. The number of halogens is 3. The highest BCUT2D eigenvalue weighted by atomic mass is 79.9. The molecule has 0 atom stereocenters. The Bertz CT molecular complexity index is 350. The van der Waals surface area contributed by atoms with Crippen molar-refractivity contribution in [2.75, 3.05) is 19.8 Å².